The average Bonchev–Trinajstić information content (AvgIpc) is 2.62. The van der Waals surface area contributed by atoms with Gasteiger partial charge in [0, 0.05) is 25.1 Å². The van der Waals surface area contributed by atoms with Crippen LogP contribution >= 0.6 is 0 Å². The van der Waals surface area contributed by atoms with Crippen molar-refractivity contribution >= 4 is 6.09 Å². The summed E-state index contributed by atoms with van der Waals surface area (Å²) in [6.45, 7) is 3.17. The van der Waals surface area contributed by atoms with Crippen molar-refractivity contribution in [1.29, 1.82) is 0 Å². The first-order valence-corrected chi connectivity index (χ1v) is 5.08. The summed E-state index contributed by atoms with van der Waals surface area (Å²) in [5.74, 6) is 2.18. The second-order valence-corrected chi connectivity index (χ2v) is 4.40. The Morgan fingerprint density at radius 2 is 2.27 bits per heavy atom. The number of fused-ring (bicyclic) bond motifs is 1. The lowest BCUT2D eigenvalue weighted by Crippen LogP contribution is -2.29. The molecule has 1 unspecified atom stereocenters. The Morgan fingerprint density at radius 1 is 1.60 bits per heavy atom. The smallest absolute Gasteiger partial charge is 0.407 e. The van der Waals surface area contributed by atoms with Crippen molar-refractivity contribution < 1.29 is 14.4 Å². The zero-order valence-corrected chi connectivity index (χ0v) is 8.38. The van der Waals surface area contributed by atoms with Crippen LogP contribution in [0.3, 0.4) is 0 Å². The number of amides is 1. The van der Waals surface area contributed by atoms with Crippen LogP contribution in [0.2, 0.25) is 0 Å². The summed E-state index contributed by atoms with van der Waals surface area (Å²) in [5, 5.41) is 12.8. The van der Waals surface area contributed by atoms with Crippen LogP contribution < -0.4 is 0 Å². The van der Waals surface area contributed by atoms with E-state index in [2.05, 4.69) is 5.16 Å². The van der Waals surface area contributed by atoms with E-state index in [1.165, 1.54) is 4.90 Å². The molecule has 1 aliphatic carbocycles. The van der Waals surface area contributed by atoms with Crippen LogP contribution in [0.25, 0.3) is 0 Å². The number of carboxylic acid groups (broad SMARTS) is 1. The third-order valence-electron chi connectivity index (χ3n) is 3.45. The summed E-state index contributed by atoms with van der Waals surface area (Å²) < 4.78 is 5.03. The van der Waals surface area contributed by atoms with E-state index in [4.69, 9.17) is 9.63 Å². The molecule has 3 atom stereocenters. The number of aromatic nitrogens is 1. The predicted molar refractivity (Wildman–Crippen MR) is 50.6 cm³/mol. The molecule has 0 spiro atoms. The van der Waals surface area contributed by atoms with Gasteiger partial charge in [0.1, 0.15) is 5.76 Å². The molecule has 2 fully saturated rings. The van der Waals surface area contributed by atoms with Gasteiger partial charge in [-0.3, -0.25) is 0 Å². The highest BCUT2D eigenvalue weighted by molar-refractivity contribution is 5.66. The Hall–Kier alpha value is -1.52. The van der Waals surface area contributed by atoms with Gasteiger partial charge in [-0.05, 0) is 18.8 Å². The average molecular weight is 208 g/mol. The molecule has 0 bridgehead atoms. The third-order valence-corrected chi connectivity index (χ3v) is 3.45. The van der Waals surface area contributed by atoms with Crippen molar-refractivity contribution in [1.82, 2.24) is 10.1 Å². The first-order chi connectivity index (χ1) is 7.16. The number of rotatable bonds is 1. The van der Waals surface area contributed by atoms with Crippen molar-refractivity contribution in [3.05, 3.63) is 17.5 Å². The lowest BCUT2D eigenvalue weighted by atomic mass is 10.2. The van der Waals surface area contributed by atoms with Crippen molar-refractivity contribution in [3.63, 3.8) is 0 Å². The Morgan fingerprint density at radius 3 is 2.73 bits per heavy atom. The molecule has 2 heterocycles. The summed E-state index contributed by atoms with van der Waals surface area (Å²) in [4.78, 5) is 12.2. The second-order valence-electron chi connectivity index (χ2n) is 4.40. The number of hydrogen-bond acceptors (Lipinski definition) is 3. The van der Waals surface area contributed by atoms with E-state index in [-0.39, 0.29) is 0 Å². The van der Waals surface area contributed by atoms with E-state index in [1.54, 1.807) is 0 Å². The Bertz CT molecular complexity index is 403. The maximum atomic E-state index is 10.7. The van der Waals surface area contributed by atoms with Gasteiger partial charge in [-0.25, -0.2) is 4.79 Å². The maximum Gasteiger partial charge on any atom is 0.407 e. The molecule has 2 aliphatic rings. The van der Waals surface area contributed by atoms with Crippen LogP contribution in [0.15, 0.2) is 10.6 Å². The number of piperidine rings is 1. The number of nitrogens with zero attached hydrogens (tertiary/aromatic N) is 2. The topological polar surface area (TPSA) is 66.6 Å². The van der Waals surface area contributed by atoms with Crippen molar-refractivity contribution in [2.24, 2.45) is 11.8 Å². The summed E-state index contributed by atoms with van der Waals surface area (Å²) in [7, 11) is 0. The molecule has 1 N–H and O–H groups in total. The first kappa shape index (κ1) is 8.76. The fraction of sp³-hybridized carbons (Fsp3) is 0.600. The van der Waals surface area contributed by atoms with Crippen LogP contribution in [0.4, 0.5) is 4.79 Å². The minimum atomic E-state index is -0.808. The maximum absolute atomic E-state index is 10.7. The van der Waals surface area contributed by atoms with Crippen LogP contribution in [0.5, 0.6) is 0 Å². The molecular weight excluding hydrogens is 196 g/mol. The van der Waals surface area contributed by atoms with E-state index < -0.39 is 6.09 Å². The Kier molecular flexibility index (Phi) is 1.60. The van der Waals surface area contributed by atoms with Crippen LogP contribution in [-0.2, 0) is 0 Å². The number of likely N-dealkylation sites (tertiary alicyclic amines) is 1. The van der Waals surface area contributed by atoms with Gasteiger partial charge < -0.3 is 14.5 Å². The molecule has 5 heteroatoms. The minimum absolute atomic E-state index is 0.429. The van der Waals surface area contributed by atoms with E-state index in [0.717, 1.165) is 11.5 Å². The standard InChI is InChI=1S/C10H12N2O3/c1-5-2-8(11-15-5)9-6-3-12(10(13)14)4-7(6)9/h2,6-7,9H,3-4H2,1H3,(H,13,14)/t6-,7+,9?. The lowest BCUT2D eigenvalue weighted by molar-refractivity contribution is 0.150. The highest BCUT2D eigenvalue weighted by Crippen LogP contribution is 2.57. The van der Waals surface area contributed by atoms with Crippen LogP contribution in [-0.4, -0.2) is 34.3 Å². The molecule has 1 aliphatic heterocycles. The number of hydrogen-bond donors (Lipinski definition) is 1. The van der Waals surface area contributed by atoms with Gasteiger partial charge in [0.2, 0.25) is 0 Å². The summed E-state index contributed by atoms with van der Waals surface area (Å²) >= 11 is 0. The SMILES string of the molecule is Cc1cc(C2[C@H]3CN(C(=O)O)C[C@@H]23)no1. The molecule has 3 rings (SSSR count). The number of aryl methyl sites for hydroxylation is 1. The molecule has 1 saturated heterocycles. The first-order valence-electron chi connectivity index (χ1n) is 5.08. The van der Waals surface area contributed by atoms with Crippen LogP contribution in [0.1, 0.15) is 17.4 Å². The molecule has 80 valence electrons. The molecule has 15 heavy (non-hydrogen) atoms. The van der Waals surface area contributed by atoms with Crippen molar-refractivity contribution in [2.75, 3.05) is 13.1 Å². The van der Waals surface area contributed by atoms with E-state index in [0.29, 0.717) is 30.8 Å². The zero-order chi connectivity index (χ0) is 10.6. The molecule has 1 aromatic heterocycles. The quantitative estimate of drug-likeness (QED) is 0.755. The van der Waals surface area contributed by atoms with Gasteiger partial charge in [-0.15, -0.1) is 0 Å². The van der Waals surface area contributed by atoms with E-state index >= 15 is 0 Å². The summed E-state index contributed by atoms with van der Waals surface area (Å²) in [5.41, 5.74) is 0.993. The van der Waals surface area contributed by atoms with Crippen molar-refractivity contribution in [3.8, 4) is 0 Å². The fourth-order valence-electron chi connectivity index (χ4n) is 2.66. The zero-order valence-electron chi connectivity index (χ0n) is 8.38. The molecule has 1 saturated carbocycles. The Balaban J connectivity index is 1.70. The van der Waals surface area contributed by atoms with E-state index in [1.807, 2.05) is 13.0 Å². The lowest BCUT2D eigenvalue weighted by Gasteiger charge is -2.14. The molecule has 1 amide bonds. The summed E-state index contributed by atoms with van der Waals surface area (Å²) in [6, 6.07) is 1.95. The van der Waals surface area contributed by atoms with Crippen LogP contribution in [0, 0.1) is 18.8 Å². The van der Waals surface area contributed by atoms with Gasteiger partial charge in [0.25, 0.3) is 0 Å². The summed E-state index contributed by atoms with van der Waals surface area (Å²) in [6.07, 6.45) is -0.808. The van der Waals surface area contributed by atoms with Gasteiger partial charge in [0.15, 0.2) is 0 Å². The largest absolute Gasteiger partial charge is 0.465 e. The monoisotopic (exact) mass is 208 g/mol. The third kappa shape index (κ3) is 1.22. The second kappa shape index (κ2) is 2.74. The van der Waals surface area contributed by atoms with Gasteiger partial charge in [0.05, 0.1) is 5.69 Å². The molecular formula is C10H12N2O3. The van der Waals surface area contributed by atoms with Gasteiger partial charge in [-0.2, -0.15) is 0 Å². The molecule has 1 aromatic rings. The predicted octanol–water partition coefficient (Wildman–Crippen LogP) is 1.31. The van der Waals surface area contributed by atoms with Gasteiger partial charge in [-0.1, -0.05) is 5.16 Å². The minimum Gasteiger partial charge on any atom is -0.465 e. The normalized spacial score (nSPS) is 32.9. The molecule has 0 radical (unpaired) electrons. The van der Waals surface area contributed by atoms with Crippen molar-refractivity contribution in [2.45, 2.75) is 12.8 Å². The molecule has 5 nitrogen and oxygen atoms in total. The highest BCUT2D eigenvalue weighted by atomic mass is 16.5. The Labute approximate surface area is 86.7 Å². The highest BCUT2D eigenvalue weighted by Gasteiger charge is 2.58. The van der Waals surface area contributed by atoms with E-state index in [9.17, 15) is 4.79 Å². The van der Waals surface area contributed by atoms with Gasteiger partial charge >= 0.3 is 6.09 Å². The fourth-order valence-corrected chi connectivity index (χ4v) is 2.66. The number of carbonyl (C=O) groups is 1. The molecule has 0 aromatic carbocycles.